The van der Waals surface area contributed by atoms with E-state index in [4.69, 9.17) is 9.47 Å². The normalized spacial score (nSPS) is 15.0. The summed E-state index contributed by atoms with van der Waals surface area (Å²) in [5.74, 6) is 0.380. The summed E-state index contributed by atoms with van der Waals surface area (Å²) in [5, 5.41) is 6.54. The molecule has 176 valence electrons. The van der Waals surface area contributed by atoms with E-state index in [1.165, 1.54) is 18.2 Å². The number of rotatable bonds is 5. The molecule has 0 spiro atoms. The van der Waals surface area contributed by atoms with Crippen LogP contribution in [-0.2, 0) is 17.8 Å². The number of ether oxygens (including phenoxy) is 2. The second-order valence-electron chi connectivity index (χ2n) is 8.60. The number of anilines is 3. The molecule has 0 fully saturated rings. The largest absolute Gasteiger partial charge is 0.493 e. The van der Waals surface area contributed by atoms with Gasteiger partial charge < -0.3 is 25.0 Å². The molecule has 0 aliphatic carbocycles. The van der Waals surface area contributed by atoms with Gasteiger partial charge in [-0.3, -0.25) is 4.79 Å². The van der Waals surface area contributed by atoms with Gasteiger partial charge in [-0.15, -0.1) is 0 Å². The zero-order valence-corrected chi connectivity index (χ0v) is 19.3. The van der Waals surface area contributed by atoms with Gasteiger partial charge in [-0.25, -0.2) is 14.4 Å². The summed E-state index contributed by atoms with van der Waals surface area (Å²) >= 11 is 0. The summed E-state index contributed by atoms with van der Waals surface area (Å²) in [6.07, 6.45) is 2.09. The maximum Gasteiger partial charge on any atom is 0.265 e. The third-order valence-electron chi connectivity index (χ3n) is 6.01. The molecule has 0 saturated heterocycles. The average molecular weight is 464 g/mol. The minimum absolute atomic E-state index is 0.0757. The Kier molecular flexibility index (Phi) is 5.79. The first-order valence-electron chi connectivity index (χ1n) is 11.2. The number of methoxy groups -OCH3 is 1. The van der Waals surface area contributed by atoms with Gasteiger partial charge in [0.25, 0.3) is 5.91 Å². The molecule has 9 heteroatoms. The standard InChI is InChI=1S/C25H26FN5O3/c1-14(2)31-20-9-17(10-21(33-3)24(20)34-13-22(31)32)23-19(26)12-28-25(30-23)29-18-5-4-16-11-27-7-6-15(16)8-18/h4-5,8-10,12,14,27H,6-7,11,13H2,1-3H3,(H,28,29,30). The first kappa shape index (κ1) is 22.1. The molecule has 3 aromatic rings. The number of nitrogens with zero attached hydrogens (tertiary/aromatic N) is 3. The van der Waals surface area contributed by atoms with Crippen LogP contribution in [0, 0.1) is 5.82 Å². The van der Waals surface area contributed by atoms with Gasteiger partial charge in [-0.1, -0.05) is 6.07 Å². The van der Waals surface area contributed by atoms with Crippen molar-refractivity contribution in [1.82, 2.24) is 15.3 Å². The van der Waals surface area contributed by atoms with Crippen LogP contribution in [0.1, 0.15) is 25.0 Å². The van der Waals surface area contributed by atoms with E-state index in [1.54, 1.807) is 17.0 Å². The molecule has 0 radical (unpaired) electrons. The van der Waals surface area contributed by atoms with Gasteiger partial charge in [0.1, 0.15) is 5.69 Å². The fourth-order valence-corrected chi connectivity index (χ4v) is 4.42. The predicted octanol–water partition coefficient (Wildman–Crippen LogP) is 3.81. The van der Waals surface area contributed by atoms with E-state index in [0.29, 0.717) is 22.7 Å². The number of fused-ring (bicyclic) bond motifs is 2. The molecule has 8 nitrogen and oxygen atoms in total. The summed E-state index contributed by atoms with van der Waals surface area (Å²) in [5.41, 5.74) is 4.46. The molecule has 2 aliphatic heterocycles. The Balaban J connectivity index is 1.53. The quantitative estimate of drug-likeness (QED) is 0.595. The molecule has 0 bridgehead atoms. The molecule has 1 aromatic heterocycles. The maximum absolute atomic E-state index is 14.9. The third-order valence-corrected chi connectivity index (χ3v) is 6.01. The maximum atomic E-state index is 14.9. The molecule has 34 heavy (non-hydrogen) atoms. The van der Waals surface area contributed by atoms with Crippen molar-refractivity contribution >= 4 is 23.2 Å². The highest BCUT2D eigenvalue weighted by Crippen LogP contribution is 2.44. The molecule has 0 unspecified atom stereocenters. The van der Waals surface area contributed by atoms with Crippen LogP contribution in [0.15, 0.2) is 36.5 Å². The lowest BCUT2D eigenvalue weighted by molar-refractivity contribution is -0.121. The molecule has 2 aliphatic rings. The van der Waals surface area contributed by atoms with Crippen molar-refractivity contribution in [3.63, 3.8) is 0 Å². The second-order valence-corrected chi connectivity index (χ2v) is 8.60. The lowest BCUT2D eigenvalue weighted by Gasteiger charge is -2.33. The van der Waals surface area contributed by atoms with Crippen LogP contribution in [0.4, 0.5) is 21.7 Å². The zero-order chi connectivity index (χ0) is 23.8. The van der Waals surface area contributed by atoms with Crippen molar-refractivity contribution in [3.05, 3.63) is 53.5 Å². The van der Waals surface area contributed by atoms with E-state index in [9.17, 15) is 9.18 Å². The van der Waals surface area contributed by atoms with Gasteiger partial charge in [-0.05, 0) is 62.2 Å². The summed E-state index contributed by atoms with van der Waals surface area (Å²) < 4.78 is 26.1. The van der Waals surface area contributed by atoms with Crippen LogP contribution in [-0.4, -0.2) is 42.2 Å². The Morgan fingerprint density at radius 2 is 2.09 bits per heavy atom. The van der Waals surface area contributed by atoms with Crippen LogP contribution in [0.3, 0.4) is 0 Å². The molecule has 2 N–H and O–H groups in total. The first-order chi connectivity index (χ1) is 16.4. The van der Waals surface area contributed by atoms with Crippen molar-refractivity contribution in [2.75, 3.05) is 30.5 Å². The van der Waals surface area contributed by atoms with E-state index in [0.717, 1.165) is 31.4 Å². The SMILES string of the molecule is COc1cc(-c2nc(Nc3ccc4c(c3)CCNC4)ncc2F)cc2c1OCC(=O)N2C(C)C. The Morgan fingerprint density at radius 1 is 1.24 bits per heavy atom. The molecule has 0 saturated carbocycles. The number of aromatic nitrogens is 2. The minimum atomic E-state index is -0.580. The van der Waals surface area contributed by atoms with Gasteiger partial charge in [0.05, 0.1) is 19.0 Å². The zero-order valence-electron chi connectivity index (χ0n) is 19.3. The van der Waals surface area contributed by atoms with Crippen LogP contribution >= 0.6 is 0 Å². The Labute approximate surface area is 197 Å². The lowest BCUT2D eigenvalue weighted by atomic mass is 10.0. The number of hydrogen-bond acceptors (Lipinski definition) is 7. The van der Waals surface area contributed by atoms with E-state index >= 15 is 0 Å². The molecular formula is C25H26FN5O3. The van der Waals surface area contributed by atoms with Gasteiger partial charge in [0, 0.05) is 23.8 Å². The average Bonchev–Trinajstić information content (AvgIpc) is 2.84. The van der Waals surface area contributed by atoms with Crippen LogP contribution in [0.5, 0.6) is 11.5 Å². The van der Waals surface area contributed by atoms with Crippen molar-refractivity contribution in [2.45, 2.75) is 32.9 Å². The minimum Gasteiger partial charge on any atom is -0.493 e. The molecule has 1 amide bonds. The van der Waals surface area contributed by atoms with Gasteiger partial charge in [0.15, 0.2) is 23.9 Å². The van der Waals surface area contributed by atoms with Crippen LogP contribution < -0.4 is 25.0 Å². The fraction of sp³-hybridized carbons (Fsp3) is 0.320. The van der Waals surface area contributed by atoms with Crippen molar-refractivity contribution in [2.24, 2.45) is 0 Å². The Bertz CT molecular complexity index is 1260. The van der Waals surface area contributed by atoms with Crippen LogP contribution in [0.2, 0.25) is 0 Å². The molecule has 5 rings (SSSR count). The second kappa shape index (κ2) is 8.90. The summed E-state index contributed by atoms with van der Waals surface area (Å²) in [4.78, 5) is 22.7. The van der Waals surface area contributed by atoms with Crippen LogP contribution in [0.25, 0.3) is 11.3 Å². The summed E-state index contributed by atoms with van der Waals surface area (Å²) in [7, 11) is 1.51. The number of carbonyl (C=O) groups is 1. The highest BCUT2D eigenvalue weighted by atomic mass is 19.1. The number of benzene rings is 2. The molecule has 2 aromatic carbocycles. The van der Waals surface area contributed by atoms with Gasteiger partial charge in [-0.2, -0.15) is 0 Å². The topological polar surface area (TPSA) is 88.6 Å². The summed E-state index contributed by atoms with van der Waals surface area (Å²) in [6, 6.07) is 9.36. The number of nitrogens with one attached hydrogen (secondary N) is 2. The highest BCUT2D eigenvalue weighted by Gasteiger charge is 2.31. The number of carbonyl (C=O) groups excluding carboxylic acids is 1. The van der Waals surface area contributed by atoms with E-state index in [1.807, 2.05) is 19.9 Å². The first-order valence-corrected chi connectivity index (χ1v) is 11.2. The van der Waals surface area contributed by atoms with E-state index in [2.05, 4.69) is 32.7 Å². The van der Waals surface area contributed by atoms with Gasteiger partial charge in [0.2, 0.25) is 5.95 Å². The number of amides is 1. The smallest absolute Gasteiger partial charge is 0.265 e. The van der Waals surface area contributed by atoms with Crippen molar-refractivity contribution in [3.8, 4) is 22.8 Å². The molecular weight excluding hydrogens is 437 g/mol. The third kappa shape index (κ3) is 4.03. The molecule has 0 atom stereocenters. The highest BCUT2D eigenvalue weighted by molar-refractivity contribution is 6.00. The van der Waals surface area contributed by atoms with Crippen molar-refractivity contribution < 1.29 is 18.7 Å². The predicted molar refractivity (Wildman–Crippen MR) is 127 cm³/mol. The van der Waals surface area contributed by atoms with E-state index < -0.39 is 5.82 Å². The van der Waals surface area contributed by atoms with Crippen molar-refractivity contribution in [1.29, 1.82) is 0 Å². The Hall–Kier alpha value is -3.72. The Morgan fingerprint density at radius 3 is 2.88 bits per heavy atom. The lowest BCUT2D eigenvalue weighted by Crippen LogP contribution is -2.43. The fourth-order valence-electron chi connectivity index (χ4n) is 4.42. The van der Waals surface area contributed by atoms with E-state index in [-0.39, 0.29) is 30.2 Å². The summed E-state index contributed by atoms with van der Waals surface area (Å²) in [6.45, 7) is 5.54. The monoisotopic (exact) mass is 463 g/mol. The number of hydrogen-bond donors (Lipinski definition) is 2. The van der Waals surface area contributed by atoms with Gasteiger partial charge >= 0.3 is 0 Å². The number of halogens is 1. The molecule has 3 heterocycles.